The van der Waals surface area contributed by atoms with E-state index >= 15 is 0 Å². The molecule has 0 saturated carbocycles. The predicted octanol–water partition coefficient (Wildman–Crippen LogP) is 1.96. The molecule has 0 aromatic rings. The largest absolute Gasteiger partial charge is 0.342 e. The lowest BCUT2D eigenvalue weighted by Crippen LogP contribution is -2.67. The van der Waals surface area contributed by atoms with Crippen molar-refractivity contribution in [3.8, 4) is 0 Å². The minimum atomic E-state index is -0.408. The van der Waals surface area contributed by atoms with Gasteiger partial charge in [-0.1, -0.05) is 33.8 Å². The molecule has 4 heteroatoms. The van der Waals surface area contributed by atoms with E-state index in [2.05, 4.69) is 11.9 Å². The van der Waals surface area contributed by atoms with Gasteiger partial charge in [-0.05, 0) is 25.2 Å². The van der Waals surface area contributed by atoms with Crippen molar-refractivity contribution in [2.45, 2.75) is 59.2 Å². The average Bonchev–Trinajstić information content (AvgIpc) is 2.30. The Balaban J connectivity index is 3.09. The predicted molar refractivity (Wildman–Crippen MR) is 76.5 cm³/mol. The van der Waals surface area contributed by atoms with Gasteiger partial charge in [0.25, 0.3) is 0 Å². The summed E-state index contributed by atoms with van der Waals surface area (Å²) in [6.45, 7) is 13.6. The fourth-order valence-electron chi connectivity index (χ4n) is 2.65. The Morgan fingerprint density at radius 3 is 2.21 bits per heavy atom. The molecule has 1 aliphatic rings. The molecule has 0 bridgehead atoms. The monoisotopic (exact) mass is 266 g/mol. The Labute approximate surface area is 116 Å². The summed E-state index contributed by atoms with van der Waals surface area (Å²) in [5.74, 6) is 0.194. The molecule has 0 spiro atoms. The molecular weight excluding hydrogens is 240 g/mol. The van der Waals surface area contributed by atoms with E-state index in [9.17, 15) is 9.59 Å². The van der Waals surface area contributed by atoms with Crippen LogP contribution in [0.1, 0.15) is 41.0 Å². The molecule has 3 unspecified atom stereocenters. The van der Waals surface area contributed by atoms with Crippen molar-refractivity contribution in [3.63, 3.8) is 0 Å². The van der Waals surface area contributed by atoms with Gasteiger partial charge in [-0.3, -0.25) is 9.59 Å². The first-order valence-electron chi connectivity index (χ1n) is 7.04. The second-order valence-electron chi connectivity index (χ2n) is 6.04. The van der Waals surface area contributed by atoms with Gasteiger partial charge in [0.15, 0.2) is 0 Å². The number of nitrogens with zero attached hydrogens (tertiary/aromatic N) is 1. The van der Waals surface area contributed by atoms with Crippen LogP contribution in [0.5, 0.6) is 0 Å². The number of hydrogen-bond acceptors (Lipinski definition) is 2. The SMILES string of the molecule is C=CCC(C)N1C(=O)C(C(C)C)NC(=O)C1C(C)C. The standard InChI is InChI=1S/C15H26N2O2/c1-7-8-11(6)17-13(10(4)5)14(18)16-12(9(2)3)15(17)19/h7,9-13H,1,8H2,2-6H3,(H,16,18). The zero-order chi connectivity index (χ0) is 14.7. The van der Waals surface area contributed by atoms with E-state index in [-0.39, 0.29) is 35.7 Å². The van der Waals surface area contributed by atoms with Crippen LogP contribution < -0.4 is 5.32 Å². The Bertz CT molecular complexity index is 363. The molecule has 1 rings (SSSR count). The summed E-state index contributed by atoms with van der Waals surface area (Å²) < 4.78 is 0. The quantitative estimate of drug-likeness (QED) is 0.773. The topological polar surface area (TPSA) is 49.4 Å². The van der Waals surface area contributed by atoms with Crippen molar-refractivity contribution < 1.29 is 9.59 Å². The summed E-state index contributed by atoms with van der Waals surface area (Å²) in [7, 11) is 0. The van der Waals surface area contributed by atoms with Crippen molar-refractivity contribution in [1.82, 2.24) is 10.2 Å². The summed E-state index contributed by atoms with van der Waals surface area (Å²) >= 11 is 0. The molecule has 2 amide bonds. The second kappa shape index (κ2) is 6.22. The molecule has 108 valence electrons. The normalized spacial score (nSPS) is 25.7. The maximum Gasteiger partial charge on any atom is 0.246 e. The molecule has 1 N–H and O–H groups in total. The first-order valence-corrected chi connectivity index (χ1v) is 7.04. The van der Waals surface area contributed by atoms with Crippen molar-refractivity contribution in [3.05, 3.63) is 12.7 Å². The van der Waals surface area contributed by atoms with E-state index in [1.807, 2.05) is 34.6 Å². The number of carbonyl (C=O) groups excluding carboxylic acids is 2. The number of rotatable bonds is 5. The summed E-state index contributed by atoms with van der Waals surface area (Å²) in [5, 5.41) is 2.87. The molecular formula is C15H26N2O2. The molecule has 1 fully saturated rings. The molecule has 0 aromatic heterocycles. The molecule has 0 aromatic carbocycles. The summed E-state index contributed by atoms with van der Waals surface area (Å²) in [4.78, 5) is 26.7. The van der Waals surface area contributed by atoms with Crippen LogP contribution in [-0.2, 0) is 9.59 Å². The van der Waals surface area contributed by atoms with Gasteiger partial charge in [-0.25, -0.2) is 0 Å². The Morgan fingerprint density at radius 1 is 1.21 bits per heavy atom. The van der Waals surface area contributed by atoms with Gasteiger partial charge >= 0.3 is 0 Å². The van der Waals surface area contributed by atoms with Crippen molar-refractivity contribution in [1.29, 1.82) is 0 Å². The van der Waals surface area contributed by atoms with Gasteiger partial charge < -0.3 is 10.2 Å². The molecule has 0 aliphatic carbocycles. The molecule has 1 aliphatic heterocycles. The van der Waals surface area contributed by atoms with Gasteiger partial charge in [0.1, 0.15) is 12.1 Å². The molecule has 3 atom stereocenters. The van der Waals surface area contributed by atoms with Crippen LogP contribution in [0.2, 0.25) is 0 Å². The Kier molecular flexibility index (Phi) is 5.15. The van der Waals surface area contributed by atoms with E-state index in [1.54, 1.807) is 11.0 Å². The molecule has 19 heavy (non-hydrogen) atoms. The van der Waals surface area contributed by atoms with Crippen LogP contribution in [0.15, 0.2) is 12.7 Å². The van der Waals surface area contributed by atoms with Gasteiger partial charge in [-0.2, -0.15) is 0 Å². The first kappa shape index (κ1) is 15.7. The molecule has 4 nitrogen and oxygen atoms in total. The van der Waals surface area contributed by atoms with Crippen LogP contribution in [0.3, 0.4) is 0 Å². The van der Waals surface area contributed by atoms with Crippen molar-refractivity contribution in [2.75, 3.05) is 0 Å². The van der Waals surface area contributed by atoms with Crippen LogP contribution in [-0.4, -0.2) is 34.8 Å². The third-order valence-electron chi connectivity index (χ3n) is 3.67. The summed E-state index contributed by atoms with van der Waals surface area (Å²) in [6, 6.07) is -0.781. The highest BCUT2D eigenvalue weighted by atomic mass is 16.2. The van der Waals surface area contributed by atoms with E-state index in [0.717, 1.165) is 0 Å². The van der Waals surface area contributed by atoms with Gasteiger partial charge in [0, 0.05) is 6.04 Å². The zero-order valence-corrected chi connectivity index (χ0v) is 12.6. The highest BCUT2D eigenvalue weighted by Crippen LogP contribution is 2.24. The van der Waals surface area contributed by atoms with Crippen molar-refractivity contribution >= 4 is 11.8 Å². The lowest BCUT2D eigenvalue weighted by Gasteiger charge is -2.44. The van der Waals surface area contributed by atoms with Crippen LogP contribution >= 0.6 is 0 Å². The number of carbonyl (C=O) groups is 2. The molecule has 0 radical (unpaired) electrons. The Morgan fingerprint density at radius 2 is 1.79 bits per heavy atom. The zero-order valence-electron chi connectivity index (χ0n) is 12.6. The number of piperazine rings is 1. The van der Waals surface area contributed by atoms with Crippen LogP contribution in [0, 0.1) is 11.8 Å². The first-order chi connectivity index (χ1) is 8.81. The summed E-state index contributed by atoms with van der Waals surface area (Å²) in [5.41, 5.74) is 0. The van der Waals surface area contributed by atoms with Crippen LogP contribution in [0.25, 0.3) is 0 Å². The van der Waals surface area contributed by atoms with Crippen LogP contribution in [0.4, 0.5) is 0 Å². The number of hydrogen-bond donors (Lipinski definition) is 1. The third kappa shape index (κ3) is 3.17. The lowest BCUT2D eigenvalue weighted by atomic mass is 9.91. The summed E-state index contributed by atoms with van der Waals surface area (Å²) in [6.07, 6.45) is 2.50. The number of amides is 2. The van der Waals surface area contributed by atoms with E-state index in [1.165, 1.54) is 0 Å². The maximum absolute atomic E-state index is 12.6. The lowest BCUT2D eigenvalue weighted by molar-refractivity contribution is -0.155. The average molecular weight is 266 g/mol. The highest BCUT2D eigenvalue weighted by molar-refractivity contribution is 5.97. The van der Waals surface area contributed by atoms with Gasteiger partial charge in [0.2, 0.25) is 11.8 Å². The fourth-order valence-corrected chi connectivity index (χ4v) is 2.65. The third-order valence-corrected chi connectivity index (χ3v) is 3.67. The molecule has 1 heterocycles. The highest BCUT2D eigenvalue weighted by Gasteiger charge is 2.44. The van der Waals surface area contributed by atoms with Gasteiger partial charge in [0.05, 0.1) is 0 Å². The minimum Gasteiger partial charge on any atom is -0.342 e. The molecule has 1 saturated heterocycles. The fraction of sp³-hybridized carbons (Fsp3) is 0.733. The Hall–Kier alpha value is -1.32. The van der Waals surface area contributed by atoms with Crippen molar-refractivity contribution in [2.24, 2.45) is 11.8 Å². The maximum atomic E-state index is 12.6. The number of nitrogens with one attached hydrogen (secondary N) is 1. The van der Waals surface area contributed by atoms with E-state index < -0.39 is 6.04 Å². The van der Waals surface area contributed by atoms with E-state index in [0.29, 0.717) is 6.42 Å². The second-order valence-corrected chi connectivity index (χ2v) is 6.04. The minimum absolute atomic E-state index is 0.00435. The smallest absolute Gasteiger partial charge is 0.246 e. The van der Waals surface area contributed by atoms with E-state index in [4.69, 9.17) is 0 Å². The van der Waals surface area contributed by atoms with Gasteiger partial charge in [-0.15, -0.1) is 6.58 Å².